The number of ether oxygens (including phenoxy) is 4. The molecule has 0 rings (SSSR count). The molecule has 0 aliphatic rings. The van der Waals surface area contributed by atoms with Gasteiger partial charge in [-0.3, -0.25) is 37.3 Å². The molecule has 0 aliphatic heterocycles. The first kappa shape index (κ1) is 92.1. The normalized spacial score (nSPS) is 14.3. The highest BCUT2D eigenvalue weighted by Gasteiger charge is 2.30. The number of phosphoric acid groups is 2. The zero-order valence-corrected chi connectivity index (χ0v) is 63.1. The Hall–Kier alpha value is -1.94. The average Bonchev–Trinajstić information content (AvgIpc) is 3.58. The Morgan fingerprint density at radius 2 is 0.543 bits per heavy atom. The van der Waals surface area contributed by atoms with Crippen molar-refractivity contribution in [3.8, 4) is 0 Å². The molecular weight excluding hydrogens is 1230 g/mol. The molecular formula is C75H146O17P2. The summed E-state index contributed by atoms with van der Waals surface area (Å²) in [6.07, 6.45) is 53.8. The van der Waals surface area contributed by atoms with Crippen molar-refractivity contribution in [1.29, 1.82) is 0 Å². The van der Waals surface area contributed by atoms with Crippen LogP contribution in [0.2, 0.25) is 0 Å². The van der Waals surface area contributed by atoms with Crippen molar-refractivity contribution in [2.45, 2.75) is 407 Å². The van der Waals surface area contributed by atoms with Gasteiger partial charge in [0.15, 0.2) is 12.2 Å². The van der Waals surface area contributed by atoms with Crippen LogP contribution >= 0.6 is 15.6 Å². The van der Waals surface area contributed by atoms with Gasteiger partial charge in [-0.1, -0.05) is 337 Å². The van der Waals surface area contributed by atoms with Gasteiger partial charge in [0.05, 0.1) is 26.4 Å². The summed E-state index contributed by atoms with van der Waals surface area (Å²) in [6.45, 7) is 9.64. The lowest BCUT2D eigenvalue weighted by atomic mass is 9.99. The zero-order valence-electron chi connectivity index (χ0n) is 61.3. The molecule has 0 aliphatic carbocycles. The molecule has 0 heterocycles. The number of aliphatic hydroxyl groups excluding tert-OH is 1. The first-order valence-corrected chi connectivity index (χ1v) is 42.0. The number of esters is 4. The van der Waals surface area contributed by atoms with Crippen molar-refractivity contribution in [1.82, 2.24) is 0 Å². The molecule has 3 unspecified atom stereocenters. The molecule has 17 nitrogen and oxygen atoms in total. The van der Waals surface area contributed by atoms with E-state index in [9.17, 15) is 43.2 Å². The van der Waals surface area contributed by atoms with Gasteiger partial charge in [-0.05, 0) is 37.5 Å². The number of unbranched alkanes of at least 4 members (excludes halogenated alkanes) is 43. The van der Waals surface area contributed by atoms with Crippen molar-refractivity contribution in [2.24, 2.45) is 11.8 Å². The lowest BCUT2D eigenvalue weighted by molar-refractivity contribution is -0.161. The smallest absolute Gasteiger partial charge is 0.462 e. The summed E-state index contributed by atoms with van der Waals surface area (Å²) in [5.74, 6) is -0.518. The highest BCUT2D eigenvalue weighted by Crippen LogP contribution is 2.45. The van der Waals surface area contributed by atoms with Gasteiger partial charge in [-0.15, -0.1) is 0 Å². The fourth-order valence-electron chi connectivity index (χ4n) is 11.4. The Bertz CT molecular complexity index is 1820. The molecule has 0 aromatic heterocycles. The van der Waals surface area contributed by atoms with E-state index in [1.807, 2.05) is 0 Å². The van der Waals surface area contributed by atoms with E-state index in [1.165, 1.54) is 205 Å². The lowest BCUT2D eigenvalue weighted by Crippen LogP contribution is -2.30. The largest absolute Gasteiger partial charge is 0.472 e. The number of carbonyl (C=O) groups excluding carboxylic acids is 4. The van der Waals surface area contributed by atoms with E-state index in [2.05, 4.69) is 41.5 Å². The van der Waals surface area contributed by atoms with Gasteiger partial charge >= 0.3 is 39.5 Å². The highest BCUT2D eigenvalue weighted by molar-refractivity contribution is 7.47. The Morgan fingerprint density at radius 1 is 0.309 bits per heavy atom. The molecule has 6 atom stereocenters. The fraction of sp³-hybridized carbons (Fsp3) is 0.947. The van der Waals surface area contributed by atoms with Crippen molar-refractivity contribution in [2.75, 3.05) is 39.6 Å². The fourth-order valence-corrected chi connectivity index (χ4v) is 13.0. The number of carbonyl (C=O) groups is 4. The molecule has 0 aromatic carbocycles. The minimum Gasteiger partial charge on any atom is -0.462 e. The minimum absolute atomic E-state index is 0.107. The molecule has 0 amide bonds. The SMILES string of the molecule is CCCCCCCCCCCCCCC(=O)OC[C@H](COP(=O)(O)OC[C@H](O)COP(=O)(O)OC[C@@H](COC(=O)CCCCCCCCCCCCC(C)CC)OC(=O)CCCCCCCCCCCCCCCC(C)C)OC(=O)CCCCCCCCCCCCCC. The second-order valence-electron chi connectivity index (χ2n) is 27.8. The summed E-state index contributed by atoms with van der Waals surface area (Å²) in [5, 5.41) is 10.6. The summed E-state index contributed by atoms with van der Waals surface area (Å²) in [4.78, 5) is 72.8. The van der Waals surface area contributed by atoms with Crippen LogP contribution in [-0.4, -0.2) is 96.7 Å². The number of rotatable bonds is 74. The Balaban J connectivity index is 5.26. The van der Waals surface area contributed by atoms with Crippen molar-refractivity contribution in [3.63, 3.8) is 0 Å². The highest BCUT2D eigenvalue weighted by atomic mass is 31.2. The maximum atomic E-state index is 13.1. The number of hydrogen-bond donors (Lipinski definition) is 3. The maximum Gasteiger partial charge on any atom is 0.472 e. The molecule has 0 aromatic rings. The van der Waals surface area contributed by atoms with Crippen LogP contribution in [-0.2, 0) is 65.4 Å². The van der Waals surface area contributed by atoms with Crippen LogP contribution in [0.5, 0.6) is 0 Å². The van der Waals surface area contributed by atoms with E-state index in [0.29, 0.717) is 25.7 Å². The first-order valence-electron chi connectivity index (χ1n) is 39.0. The van der Waals surface area contributed by atoms with Crippen LogP contribution in [0, 0.1) is 11.8 Å². The van der Waals surface area contributed by atoms with E-state index < -0.39 is 97.5 Å². The monoisotopic (exact) mass is 1380 g/mol. The Morgan fingerprint density at radius 3 is 0.809 bits per heavy atom. The van der Waals surface area contributed by atoms with Crippen LogP contribution in [0.15, 0.2) is 0 Å². The van der Waals surface area contributed by atoms with E-state index >= 15 is 0 Å². The van der Waals surface area contributed by atoms with Crippen LogP contribution in [0.25, 0.3) is 0 Å². The van der Waals surface area contributed by atoms with Gasteiger partial charge in [-0.2, -0.15) is 0 Å². The number of aliphatic hydroxyl groups is 1. The van der Waals surface area contributed by atoms with Crippen LogP contribution < -0.4 is 0 Å². The van der Waals surface area contributed by atoms with Crippen molar-refractivity contribution < 1.29 is 80.2 Å². The molecule has 0 saturated carbocycles. The summed E-state index contributed by atoms with van der Waals surface area (Å²) in [6, 6.07) is 0. The predicted molar refractivity (Wildman–Crippen MR) is 381 cm³/mol. The maximum absolute atomic E-state index is 13.1. The quantitative estimate of drug-likeness (QED) is 0.0222. The lowest BCUT2D eigenvalue weighted by Gasteiger charge is -2.21. The second kappa shape index (κ2) is 66.9. The van der Waals surface area contributed by atoms with Gasteiger partial charge in [-0.25, -0.2) is 9.13 Å². The number of hydrogen-bond acceptors (Lipinski definition) is 15. The van der Waals surface area contributed by atoms with E-state index in [1.54, 1.807) is 0 Å². The van der Waals surface area contributed by atoms with Crippen molar-refractivity contribution in [3.05, 3.63) is 0 Å². The molecule has 19 heteroatoms. The molecule has 3 N–H and O–H groups in total. The van der Waals surface area contributed by atoms with E-state index in [0.717, 1.165) is 102 Å². The molecule has 0 fully saturated rings. The van der Waals surface area contributed by atoms with Gasteiger partial charge in [0.1, 0.15) is 19.3 Å². The molecule has 558 valence electrons. The van der Waals surface area contributed by atoms with Gasteiger partial charge < -0.3 is 33.8 Å². The summed E-state index contributed by atoms with van der Waals surface area (Å²) < 4.78 is 68.5. The molecule has 0 saturated heterocycles. The third kappa shape index (κ3) is 67.3. The van der Waals surface area contributed by atoms with Gasteiger partial charge in [0, 0.05) is 25.7 Å². The Kier molecular flexibility index (Phi) is 65.5. The minimum atomic E-state index is -4.96. The van der Waals surface area contributed by atoms with E-state index in [4.69, 9.17) is 37.0 Å². The standard InChI is InChI=1S/C75H146O17P2/c1-7-10-12-14-16-18-20-26-33-39-45-51-57-72(77)85-63-70(91-74(79)59-53-47-41-35-27-21-19-17-15-13-11-8-2)65-89-93(81,82)87-61-69(76)62-88-94(83,84)90-66-71(64-86-73(78)58-52-46-40-34-30-29-32-38-44-50-56-68(6)9-3)92-75(80)60-54-48-42-36-28-24-22-23-25-31-37-43-49-55-67(4)5/h67-71,76H,7-66H2,1-6H3,(H,81,82)(H,83,84)/t68?,69-,70+,71+/m0/s1. The molecule has 94 heavy (non-hydrogen) atoms. The van der Waals surface area contributed by atoms with Crippen LogP contribution in [0.3, 0.4) is 0 Å². The first-order chi connectivity index (χ1) is 45.4. The molecule has 0 radical (unpaired) electrons. The third-order valence-corrected chi connectivity index (χ3v) is 19.7. The van der Waals surface area contributed by atoms with Crippen molar-refractivity contribution >= 4 is 39.5 Å². The second-order valence-corrected chi connectivity index (χ2v) is 30.7. The van der Waals surface area contributed by atoms with E-state index in [-0.39, 0.29) is 25.7 Å². The van der Waals surface area contributed by atoms with Gasteiger partial charge in [0.25, 0.3) is 0 Å². The average molecular weight is 1380 g/mol. The Labute approximate surface area is 575 Å². The topological polar surface area (TPSA) is 237 Å². The molecule has 0 bridgehead atoms. The van der Waals surface area contributed by atoms with Gasteiger partial charge in [0.2, 0.25) is 0 Å². The molecule has 0 spiro atoms. The predicted octanol–water partition coefficient (Wildman–Crippen LogP) is 21.9. The summed E-state index contributed by atoms with van der Waals surface area (Å²) >= 11 is 0. The zero-order chi connectivity index (χ0) is 69.3. The van der Waals surface area contributed by atoms with Crippen LogP contribution in [0.4, 0.5) is 0 Å². The third-order valence-electron chi connectivity index (χ3n) is 17.8. The van der Waals surface area contributed by atoms with Crippen LogP contribution in [0.1, 0.15) is 388 Å². The number of phosphoric ester groups is 2. The summed E-state index contributed by atoms with van der Waals surface area (Å²) in [7, 11) is -9.91. The summed E-state index contributed by atoms with van der Waals surface area (Å²) in [5.41, 5.74) is 0.